The van der Waals surface area contributed by atoms with Crippen molar-refractivity contribution in [1.29, 1.82) is 0 Å². The number of carboxylic acids is 1. The Hall–Kier alpha value is -3.26. The fraction of sp³-hybridized carbons (Fsp3) is 0.391. The average Bonchev–Trinajstić information content (AvgIpc) is 2.85. The van der Waals surface area contributed by atoms with Crippen LogP contribution in [0.4, 0.5) is 5.69 Å². The van der Waals surface area contributed by atoms with E-state index in [1.54, 1.807) is 17.0 Å². The van der Waals surface area contributed by atoms with Crippen molar-refractivity contribution >= 4 is 17.6 Å². The van der Waals surface area contributed by atoms with Gasteiger partial charge in [-0.15, -0.1) is 0 Å². The molecular weight excluding hydrogens is 402 g/mol. The largest absolute Gasteiger partial charge is 0.493 e. The van der Waals surface area contributed by atoms with Crippen molar-refractivity contribution in [2.45, 2.75) is 38.5 Å². The molecule has 0 saturated heterocycles. The van der Waals surface area contributed by atoms with E-state index in [1.165, 1.54) is 14.2 Å². The van der Waals surface area contributed by atoms with Gasteiger partial charge in [0.15, 0.2) is 11.5 Å². The molecular formula is C23H25NO7. The van der Waals surface area contributed by atoms with Gasteiger partial charge in [-0.2, -0.15) is 0 Å². The first kappa shape index (κ1) is 21.0. The van der Waals surface area contributed by atoms with Crippen LogP contribution in [0.25, 0.3) is 0 Å². The lowest BCUT2D eigenvalue weighted by atomic mass is 9.95. The second-order valence-corrected chi connectivity index (χ2v) is 7.75. The first-order valence-electron chi connectivity index (χ1n) is 10.0. The Bertz CT molecular complexity index is 1030. The minimum absolute atomic E-state index is 0.271. The highest BCUT2D eigenvalue weighted by Gasteiger charge is 2.43. The molecule has 1 amide bonds. The van der Waals surface area contributed by atoms with Crippen molar-refractivity contribution < 1.29 is 33.6 Å². The molecule has 0 bridgehead atoms. The van der Waals surface area contributed by atoms with Crippen LogP contribution in [0.1, 0.15) is 36.1 Å². The Morgan fingerprint density at radius 3 is 2.68 bits per heavy atom. The van der Waals surface area contributed by atoms with Gasteiger partial charge in [0, 0.05) is 11.1 Å². The van der Waals surface area contributed by atoms with E-state index in [9.17, 15) is 14.7 Å². The molecule has 8 nitrogen and oxygen atoms in total. The van der Waals surface area contributed by atoms with Gasteiger partial charge in [-0.3, -0.25) is 9.59 Å². The van der Waals surface area contributed by atoms with E-state index < -0.39 is 30.5 Å². The van der Waals surface area contributed by atoms with E-state index in [0.29, 0.717) is 40.7 Å². The summed E-state index contributed by atoms with van der Waals surface area (Å²) in [6.07, 6.45) is -2.38. The number of amides is 1. The monoisotopic (exact) mass is 427 g/mol. The lowest BCUT2D eigenvalue weighted by Crippen LogP contribution is -2.49. The topological polar surface area (TPSA) is 94.5 Å². The summed E-state index contributed by atoms with van der Waals surface area (Å²) in [5.41, 5.74) is 2.90. The van der Waals surface area contributed by atoms with Crippen LogP contribution in [-0.2, 0) is 14.3 Å². The minimum atomic E-state index is -1.17. The predicted molar refractivity (Wildman–Crippen MR) is 112 cm³/mol. The number of aryl methyl sites for hydroxylation is 1. The van der Waals surface area contributed by atoms with E-state index in [4.69, 9.17) is 18.9 Å². The Morgan fingerprint density at radius 1 is 1.23 bits per heavy atom. The number of hydrogen-bond donors (Lipinski definition) is 1. The second kappa shape index (κ2) is 8.11. The van der Waals surface area contributed by atoms with Gasteiger partial charge in [0.1, 0.15) is 24.6 Å². The zero-order chi connectivity index (χ0) is 22.3. The van der Waals surface area contributed by atoms with Crippen LogP contribution in [-0.4, -0.2) is 50.0 Å². The molecule has 0 radical (unpaired) electrons. The molecule has 0 fully saturated rings. The van der Waals surface area contributed by atoms with Gasteiger partial charge >= 0.3 is 5.97 Å². The van der Waals surface area contributed by atoms with Crippen LogP contribution in [0.5, 0.6) is 17.2 Å². The summed E-state index contributed by atoms with van der Waals surface area (Å²) in [4.78, 5) is 26.6. The maximum absolute atomic E-state index is 13.4. The van der Waals surface area contributed by atoms with Gasteiger partial charge in [-0.05, 0) is 31.5 Å². The number of methoxy groups -OCH3 is 2. The molecule has 3 atom stereocenters. The number of hydrogen-bond acceptors (Lipinski definition) is 6. The third-order valence-electron chi connectivity index (χ3n) is 5.58. The highest BCUT2D eigenvalue weighted by atomic mass is 16.5. The Balaban J connectivity index is 1.99. The van der Waals surface area contributed by atoms with Gasteiger partial charge in [0.2, 0.25) is 0 Å². The summed E-state index contributed by atoms with van der Waals surface area (Å²) < 4.78 is 23.2. The molecule has 0 unspecified atom stereocenters. The standard InChI is InChI=1S/C23H25NO7/c1-12-8-15-20-17(9-12)30-11-13(2)24(20)23(27)18(10-19(25)26)31-21(15)14-6-5-7-16(28-3)22(14)29-4/h5-9,13,18,21H,10-11H2,1-4H3,(H,25,26)/t13-,18-,21-/m1/s1. The molecule has 0 aromatic heterocycles. The maximum atomic E-state index is 13.4. The second-order valence-electron chi connectivity index (χ2n) is 7.75. The summed E-state index contributed by atoms with van der Waals surface area (Å²) in [5, 5.41) is 9.45. The first-order valence-corrected chi connectivity index (χ1v) is 10.0. The Morgan fingerprint density at radius 2 is 2.00 bits per heavy atom. The molecule has 2 aliphatic heterocycles. The Kier molecular flexibility index (Phi) is 5.49. The van der Waals surface area contributed by atoms with Gasteiger partial charge in [-0.1, -0.05) is 18.2 Å². The average molecular weight is 427 g/mol. The summed E-state index contributed by atoms with van der Waals surface area (Å²) in [6, 6.07) is 8.94. The van der Waals surface area contributed by atoms with Crippen molar-refractivity contribution in [1.82, 2.24) is 0 Å². The smallest absolute Gasteiger partial charge is 0.306 e. The van der Waals surface area contributed by atoms with E-state index in [2.05, 4.69) is 0 Å². The number of para-hydroxylation sites is 1. The number of carbonyl (C=O) groups excluding carboxylic acids is 1. The Labute approximate surface area is 180 Å². The molecule has 0 saturated carbocycles. The first-order chi connectivity index (χ1) is 14.8. The van der Waals surface area contributed by atoms with E-state index in [-0.39, 0.29) is 6.04 Å². The van der Waals surface area contributed by atoms with Crippen LogP contribution in [0.15, 0.2) is 30.3 Å². The number of anilines is 1. The van der Waals surface area contributed by atoms with Crippen LogP contribution in [0.2, 0.25) is 0 Å². The third kappa shape index (κ3) is 3.57. The number of ether oxygens (including phenoxy) is 4. The molecule has 2 aliphatic rings. The molecule has 0 aliphatic carbocycles. The molecule has 31 heavy (non-hydrogen) atoms. The summed E-state index contributed by atoms with van der Waals surface area (Å²) in [5.74, 6) is 0.0433. The highest BCUT2D eigenvalue weighted by Crippen LogP contribution is 2.49. The summed E-state index contributed by atoms with van der Waals surface area (Å²) in [7, 11) is 3.07. The van der Waals surface area contributed by atoms with Crippen LogP contribution in [0.3, 0.4) is 0 Å². The van der Waals surface area contributed by atoms with Gasteiger partial charge in [0.05, 0.1) is 32.4 Å². The number of aliphatic carboxylic acids is 1. The number of nitrogens with zero attached hydrogens (tertiary/aromatic N) is 1. The molecule has 164 valence electrons. The van der Waals surface area contributed by atoms with E-state index >= 15 is 0 Å². The maximum Gasteiger partial charge on any atom is 0.306 e. The number of carbonyl (C=O) groups is 2. The third-order valence-corrected chi connectivity index (χ3v) is 5.58. The SMILES string of the molecule is COc1cccc([C@H]2O[C@H](CC(=O)O)C(=O)N3c4c(cc(C)cc42)OC[C@H]3C)c1OC. The number of carboxylic acid groups (broad SMARTS) is 1. The van der Waals surface area contributed by atoms with Crippen LogP contribution >= 0.6 is 0 Å². The minimum Gasteiger partial charge on any atom is -0.493 e. The normalized spacial score (nSPS) is 22.3. The van der Waals surface area contributed by atoms with Crippen molar-refractivity contribution in [3.63, 3.8) is 0 Å². The number of rotatable bonds is 5. The van der Waals surface area contributed by atoms with Gasteiger partial charge in [0.25, 0.3) is 5.91 Å². The quantitative estimate of drug-likeness (QED) is 0.784. The summed E-state index contributed by atoms with van der Waals surface area (Å²) in [6.45, 7) is 4.12. The lowest BCUT2D eigenvalue weighted by Gasteiger charge is -2.36. The molecule has 1 N–H and O–H groups in total. The predicted octanol–water partition coefficient (Wildman–Crippen LogP) is 3.09. The van der Waals surface area contributed by atoms with Crippen molar-refractivity contribution in [3.05, 3.63) is 47.0 Å². The van der Waals surface area contributed by atoms with E-state index in [1.807, 2.05) is 32.0 Å². The summed E-state index contributed by atoms with van der Waals surface area (Å²) >= 11 is 0. The van der Waals surface area contributed by atoms with Crippen LogP contribution < -0.4 is 19.1 Å². The zero-order valence-corrected chi connectivity index (χ0v) is 17.9. The highest BCUT2D eigenvalue weighted by molar-refractivity contribution is 6.02. The van der Waals surface area contributed by atoms with Crippen LogP contribution in [0, 0.1) is 6.92 Å². The molecule has 0 spiro atoms. The van der Waals surface area contributed by atoms with Crippen molar-refractivity contribution in [2.24, 2.45) is 0 Å². The van der Waals surface area contributed by atoms with Gasteiger partial charge in [-0.25, -0.2) is 0 Å². The molecule has 4 rings (SSSR count). The zero-order valence-electron chi connectivity index (χ0n) is 17.9. The van der Waals surface area contributed by atoms with Gasteiger partial charge < -0.3 is 29.0 Å². The lowest BCUT2D eigenvalue weighted by molar-refractivity contribution is -0.147. The number of benzene rings is 2. The molecule has 2 aromatic rings. The molecule has 8 heteroatoms. The van der Waals surface area contributed by atoms with Crippen molar-refractivity contribution in [2.75, 3.05) is 25.7 Å². The fourth-order valence-corrected chi connectivity index (χ4v) is 4.28. The fourth-order valence-electron chi connectivity index (χ4n) is 4.28. The van der Waals surface area contributed by atoms with Crippen molar-refractivity contribution in [3.8, 4) is 17.2 Å². The van der Waals surface area contributed by atoms with E-state index in [0.717, 1.165) is 5.56 Å². The molecule has 2 heterocycles. The molecule has 2 aromatic carbocycles.